The van der Waals surface area contributed by atoms with Crippen molar-refractivity contribution in [1.82, 2.24) is 5.43 Å². The quantitative estimate of drug-likeness (QED) is 0.362. The summed E-state index contributed by atoms with van der Waals surface area (Å²) in [6.45, 7) is 5.31. The summed E-state index contributed by atoms with van der Waals surface area (Å²) in [6.07, 6.45) is -0.884. The van der Waals surface area contributed by atoms with Crippen molar-refractivity contribution < 1.29 is 14.5 Å². The third kappa shape index (κ3) is 3.65. The van der Waals surface area contributed by atoms with Gasteiger partial charge in [0.05, 0.1) is 4.92 Å². The summed E-state index contributed by atoms with van der Waals surface area (Å²) in [5.74, 6) is 4.44. The highest BCUT2D eigenvalue weighted by Gasteiger charge is 2.27. The second-order valence-corrected chi connectivity index (χ2v) is 4.52. The summed E-state index contributed by atoms with van der Waals surface area (Å²) in [5.41, 5.74) is 2.62. The molecular weight excluding hydrogens is 250 g/mol. The van der Waals surface area contributed by atoms with Crippen LogP contribution in [0.1, 0.15) is 19.4 Å². The first-order valence-corrected chi connectivity index (χ1v) is 5.79. The number of aryl methyl sites for hydroxylation is 1. The van der Waals surface area contributed by atoms with E-state index >= 15 is 0 Å². The lowest BCUT2D eigenvalue weighted by Crippen LogP contribution is -2.44. The maximum absolute atomic E-state index is 11.6. The summed E-state index contributed by atoms with van der Waals surface area (Å²) in [5, 5.41) is 10.9. The Morgan fingerprint density at radius 3 is 2.58 bits per heavy atom. The summed E-state index contributed by atoms with van der Waals surface area (Å²) >= 11 is 0. The third-order valence-corrected chi connectivity index (χ3v) is 2.57. The Hall–Kier alpha value is -2.15. The summed E-state index contributed by atoms with van der Waals surface area (Å²) in [6, 6.07) is 4.48. The number of carbonyl (C=O) groups excluding carboxylic acids is 1. The third-order valence-electron chi connectivity index (χ3n) is 2.57. The zero-order valence-corrected chi connectivity index (χ0v) is 11.0. The second-order valence-electron chi connectivity index (χ2n) is 4.52. The van der Waals surface area contributed by atoms with Crippen LogP contribution in [0.2, 0.25) is 0 Å². The number of hydrazine groups is 1. The maximum Gasteiger partial charge on any atom is 0.310 e. The molecule has 1 rings (SSSR count). The van der Waals surface area contributed by atoms with Crippen LogP contribution in [0.3, 0.4) is 0 Å². The molecule has 0 aliphatic rings. The SMILES string of the molecule is Cc1ccc([N+](=O)[O-])c(OC(C(=O)NN)C(C)C)c1. The molecule has 1 aromatic rings. The predicted octanol–water partition coefficient (Wildman–Crippen LogP) is 1.30. The average Bonchev–Trinajstić information content (AvgIpc) is 2.34. The molecule has 0 spiro atoms. The largest absolute Gasteiger partial charge is 0.473 e. The van der Waals surface area contributed by atoms with E-state index < -0.39 is 16.9 Å². The molecule has 0 saturated carbocycles. The Labute approximate surface area is 110 Å². The Kier molecular flexibility index (Phi) is 4.82. The predicted molar refractivity (Wildman–Crippen MR) is 69.4 cm³/mol. The van der Waals surface area contributed by atoms with Crippen molar-refractivity contribution in [2.24, 2.45) is 11.8 Å². The molecule has 0 radical (unpaired) electrons. The van der Waals surface area contributed by atoms with Crippen LogP contribution in [0.4, 0.5) is 5.69 Å². The number of carbonyl (C=O) groups is 1. The van der Waals surface area contributed by atoms with Crippen LogP contribution in [0.15, 0.2) is 18.2 Å². The van der Waals surface area contributed by atoms with Gasteiger partial charge in [0.15, 0.2) is 11.9 Å². The van der Waals surface area contributed by atoms with E-state index in [2.05, 4.69) is 0 Å². The fraction of sp³-hybridized carbons (Fsp3) is 0.417. The van der Waals surface area contributed by atoms with Gasteiger partial charge in [0.25, 0.3) is 5.91 Å². The standard InChI is InChI=1S/C12H17N3O4/c1-7(2)11(12(16)14-13)19-10-6-8(3)4-5-9(10)15(17)18/h4-7,11H,13H2,1-3H3,(H,14,16). The van der Waals surface area contributed by atoms with Gasteiger partial charge in [0.2, 0.25) is 0 Å². The lowest BCUT2D eigenvalue weighted by molar-refractivity contribution is -0.386. The van der Waals surface area contributed by atoms with Crippen LogP contribution >= 0.6 is 0 Å². The van der Waals surface area contributed by atoms with Crippen molar-refractivity contribution in [2.75, 3.05) is 0 Å². The first-order chi connectivity index (χ1) is 8.86. The van der Waals surface area contributed by atoms with Crippen LogP contribution in [-0.4, -0.2) is 16.9 Å². The van der Waals surface area contributed by atoms with E-state index in [4.69, 9.17) is 10.6 Å². The lowest BCUT2D eigenvalue weighted by atomic mass is 10.1. The van der Waals surface area contributed by atoms with Crippen LogP contribution < -0.4 is 16.0 Å². The van der Waals surface area contributed by atoms with Gasteiger partial charge in [-0.2, -0.15) is 0 Å². The van der Waals surface area contributed by atoms with Crippen molar-refractivity contribution in [3.05, 3.63) is 33.9 Å². The molecule has 104 valence electrons. The van der Waals surface area contributed by atoms with Gasteiger partial charge in [-0.25, -0.2) is 5.84 Å². The van der Waals surface area contributed by atoms with Crippen molar-refractivity contribution in [2.45, 2.75) is 26.9 Å². The molecule has 1 amide bonds. The number of nitro benzene ring substituents is 1. The van der Waals surface area contributed by atoms with Crippen LogP contribution in [0.5, 0.6) is 5.75 Å². The summed E-state index contributed by atoms with van der Waals surface area (Å²) in [4.78, 5) is 22.0. The fourth-order valence-corrected chi connectivity index (χ4v) is 1.58. The van der Waals surface area contributed by atoms with Gasteiger partial charge in [-0.05, 0) is 24.5 Å². The smallest absolute Gasteiger partial charge is 0.310 e. The van der Waals surface area contributed by atoms with Crippen LogP contribution in [0.25, 0.3) is 0 Å². The number of hydrogen-bond acceptors (Lipinski definition) is 5. The van der Waals surface area contributed by atoms with E-state index in [0.717, 1.165) is 5.56 Å². The van der Waals surface area contributed by atoms with Crippen molar-refractivity contribution in [1.29, 1.82) is 0 Å². The average molecular weight is 267 g/mol. The van der Waals surface area contributed by atoms with E-state index in [-0.39, 0.29) is 17.4 Å². The number of nitrogens with zero attached hydrogens (tertiary/aromatic N) is 1. The minimum absolute atomic E-state index is 0.0623. The van der Waals surface area contributed by atoms with E-state index in [0.29, 0.717) is 0 Å². The topological polar surface area (TPSA) is 107 Å². The molecule has 1 aromatic carbocycles. The molecule has 0 saturated heterocycles. The first kappa shape index (κ1) is 14.9. The van der Waals surface area contributed by atoms with Gasteiger partial charge >= 0.3 is 5.69 Å². The monoisotopic (exact) mass is 267 g/mol. The minimum Gasteiger partial charge on any atom is -0.473 e. The Balaban J connectivity index is 3.11. The number of nitro groups is 1. The molecule has 0 heterocycles. The number of nitrogens with one attached hydrogen (secondary N) is 1. The van der Waals surface area contributed by atoms with E-state index in [1.165, 1.54) is 12.1 Å². The van der Waals surface area contributed by atoms with E-state index in [1.807, 2.05) is 5.43 Å². The molecule has 0 bridgehead atoms. The zero-order valence-electron chi connectivity index (χ0n) is 11.0. The summed E-state index contributed by atoms with van der Waals surface area (Å²) < 4.78 is 5.47. The molecule has 7 nitrogen and oxygen atoms in total. The van der Waals surface area contributed by atoms with Crippen molar-refractivity contribution >= 4 is 11.6 Å². The highest BCUT2D eigenvalue weighted by atomic mass is 16.6. The number of nitrogens with two attached hydrogens (primary N) is 1. The van der Waals surface area contributed by atoms with Crippen molar-refractivity contribution in [3.8, 4) is 5.75 Å². The van der Waals surface area contributed by atoms with Gasteiger partial charge in [-0.3, -0.25) is 20.3 Å². The molecule has 0 aliphatic heterocycles. The molecule has 0 aromatic heterocycles. The number of hydrogen-bond donors (Lipinski definition) is 2. The molecule has 1 atom stereocenters. The number of benzene rings is 1. The molecule has 1 unspecified atom stereocenters. The lowest BCUT2D eigenvalue weighted by Gasteiger charge is -2.20. The summed E-state index contributed by atoms with van der Waals surface area (Å²) in [7, 11) is 0. The van der Waals surface area contributed by atoms with Gasteiger partial charge in [0.1, 0.15) is 0 Å². The molecular formula is C12H17N3O4. The number of ether oxygens (including phenoxy) is 1. The fourth-order valence-electron chi connectivity index (χ4n) is 1.58. The Morgan fingerprint density at radius 2 is 2.11 bits per heavy atom. The zero-order chi connectivity index (χ0) is 14.6. The molecule has 0 aliphatic carbocycles. The van der Waals surface area contributed by atoms with Crippen LogP contribution in [-0.2, 0) is 4.79 Å². The van der Waals surface area contributed by atoms with Crippen molar-refractivity contribution in [3.63, 3.8) is 0 Å². The van der Waals surface area contributed by atoms with E-state index in [9.17, 15) is 14.9 Å². The van der Waals surface area contributed by atoms with E-state index in [1.54, 1.807) is 26.8 Å². The highest BCUT2D eigenvalue weighted by molar-refractivity contribution is 5.80. The second kappa shape index (κ2) is 6.14. The Morgan fingerprint density at radius 1 is 1.47 bits per heavy atom. The molecule has 19 heavy (non-hydrogen) atoms. The van der Waals surface area contributed by atoms with Gasteiger partial charge in [0, 0.05) is 6.07 Å². The molecule has 7 heteroatoms. The molecule has 0 fully saturated rings. The maximum atomic E-state index is 11.6. The minimum atomic E-state index is -0.884. The van der Waals surface area contributed by atoms with Gasteiger partial charge in [-0.15, -0.1) is 0 Å². The first-order valence-electron chi connectivity index (χ1n) is 5.79. The number of amides is 1. The highest BCUT2D eigenvalue weighted by Crippen LogP contribution is 2.29. The van der Waals surface area contributed by atoms with Gasteiger partial charge in [-0.1, -0.05) is 19.9 Å². The van der Waals surface area contributed by atoms with Crippen LogP contribution in [0, 0.1) is 23.0 Å². The normalized spacial score (nSPS) is 12.1. The Bertz CT molecular complexity index is 488. The molecule has 3 N–H and O–H groups in total. The number of rotatable bonds is 5. The van der Waals surface area contributed by atoms with Gasteiger partial charge < -0.3 is 4.74 Å².